The van der Waals surface area contributed by atoms with E-state index >= 15 is 0 Å². The van der Waals surface area contributed by atoms with Crippen molar-refractivity contribution in [2.24, 2.45) is 0 Å². The molecule has 0 aliphatic carbocycles. The molecule has 10 heteroatoms. The Balaban J connectivity index is 4.96. The van der Waals surface area contributed by atoms with Gasteiger partial charge in [0.15, 0.2) is 0 Å². The minimum atomic E-state index is -4.70. The monoisotopic (exact) mass is 1220 g/mol. The van der Waals surface area contributed by atoms with Gasteiger partial charge in [-0.2, -0.15) is 0 Å². The first-order chi connectivity index (χ1) is 41.4. The fraction of sp³-hybridized carbons (Fsp3) is 0.867. The van der Waals surface area contributed by atoms with E-state index < -0.39 is 20.0 Å². The van der Waals surface area contributed by atoms with Crippen LogP contribution in [-0.4, -0.2) is 69.4 Å². The van der Waals surface area contributed by atoms with E-state index in [0.29, 0.717) is 17.4 Å². The van der Waals surface area contributed by atoms with Gasteiger partial charge in [0.1, 0.15) is 19.3 Å². The zero-order valence-electron chi connectivity index (χ0n) is 57.3. The molecule has 0 saturated carbocycles. The van der Waals surface area contributed by atoms with Crippen LogP contribution in [0.1, 0.15) is 367 Å². The number of rotatable bonds is 68. The summed E-state index contributed by atoms with van der Waals surface area (Å²) in [5.74, 6) is -0.528. The standard InChI is InChI=1S/C75H143N2O7P/c1-7-10-13-16-19-22-25-27-29-31-33-35-37-38-40-41-43-45-47-49-52-55-58-61-64-67-74(78)76-72(71-83-85(80,81)82-70-69-77(4,5)6)73(66-63-60-57-54-51-24-21-18-15-12-9-3)84-75(79)68-65-62-59-56-53-50-48-46-44-42-39-36-34-32-30-28-26-23-20-17-14-11-8-2/h20,23,28,30,34,36,63,66,72-73H,7-19,21-22,24-27,29,31-33,35,37-62,64-65,67-71H2,1-6H3,(H-,76,78,80,81)/b23-20-,30-28-,36-34-,66-63+. The number of hydrogen-bond donors (Lipinski definition) is 1. The van der Waals surface area contributed by atoms with Gasteiger partial charge in [-0.25, -0.2) is 0 Å². The van der Waals surface area contributed by atoms with Gasteiger partial charge < -0.3 is 28.5 Å². The fourth-order valence-corrected chi connectivity index (χ4v) is 11.8. The number of hydrogen-bond acceptors (Lipinski definition) is 7. The molecular weight excluding hydrogens is 1070 g/mol. The maximum absolute atomic E-state index is 13.6. The summed E-state index contributed by atoms with van der Waals surface area (Å²) >= 11 is 0. The predicted molar refractivity (Wildman–Crippen MR) is 367 cm³/mol. The van der Waals surface area contributed by atoms with Crippen LogP contribution in [0.4, 0.5) is 0 Å². The van der Waals surface area contributed by atoms with Crippen LogP contribution in [0.5, 0.6) is 0 Å². The summed E-state index contributed by atoms with van der Waals surface area (Å²) in [6.07, 6.45) is 82.5. The van der Waals surface area contributed by atoms with Gasteiger partial charge in [-0.15, -0.1) is 0 Å². The highest BCUT2D eigenvalue weighted by Gasteiger charge is 2.27. The van der Waals surface area contributed by atoms with Crippen LogP contribution in [0, 0.1) is 0 Å². The molecular formula is C75H143N2O7P. The van der Waals surface area contributed by atoms with Crippen molar-refractivity contribution in [2.45, 2.75) is 380 Å². The highest BCUT2D eigenvalue weighted by molar-refractivity contribution is 7.45. The van der Waals surface area contributed by atoms with Crippen LogP contribution in [-0.2, 0) is 27.9 Å². The number of likely N-dealkylation sites (N-methyl/N-ethyl adjacent to an activating group) is 1. The number of phosphoric acid groups is 1. The molecule has 3 atom stereocenters. The Morgan fingerprint density at radius 3 is 1.09 bits per heavy atom. The molecule has 85 heavy (non-hydrogen) atoms. The molecule has 3 unspecified atom stereocenters. The van der Waals surface area contributed by atoms with Crippen molar-refractivity contribution in [2.75, 3.05) is 40.9 Å². The van der Waals surface area contributed by atoms with Crippen LogP contribution in [0.3, 0.4) is 0 Å². The SMILES string of the molecule is CCCCC/C=C\C/C=C\C/C=C\CCCCCCCCCCCCC(=O)OC(/C=C/CCCCCCCCCCC)C(COP(=O)([O-])OCC[N+](C)(C)C)NC(=O)CCCCCCCCCCCCCCCCCCCCCCCCCCC. The minimum Gasteiger partial charge on any atom is -0.756 e. The molecule has 9 nitrogen and oxygen atoms in total. The zero-order valence-corrected chi connectivity index (χ0v) is 58.2. The number of amides is 1. The molecule has 0 rings (SSSR count). The Labute approximate surface area is 529 Å². The Morgan fingerprint density at radius 2 is 0.718 bits per heavy atom. The van der Waals surface area contributed by atoms with E-state index in [1.54, 1.807) is 0 Å². The number of nitrogens with zero attached hydrogens (tertiary/aromatic N) is 1. The summed E-state index contributed by atoms with van der Waals surface area (Å²) in [7, 11) is 1.20. The molecule has 0 radical (unpaired) electrons. The molecule has 0 aromatic heterocycles. The lowest BCUT2D eigenvalue weighted by molar-refractivity contribution is -0.870. The van der Waals surface area contributed by atoms with Gasteiger partial charge in [0.2, 0.25) is 5.91 Å². The lowest BCUT2D eigenvalue weighted by Gasteiger charge is -2.30. The number of carbonyl (C=O) groups is 2. The van der Waals surface area contributed by atoms with Crippen molar-refractivity contribution in [3.8, 4) is 0 Å². The van der Waals surface area contributed by atoms with Crippen LogP contribution in [0.2, 0.25) is 0 Å². The number of nitrogens with one attached hydrogen (secondary N) is 1. The molecule has 1 amide bonds. The first-order valence-corrected chi connectivity index (χ1v) is 38.4. The Morgan fingerprint density at radius 1 is 0.412 bits per heavy atom. The summed E-state index contributed by atoms with van der Waals surface area (Å²) in [4.78, 5) is 40.2. The highest BCUT2D eigenvalue weighted by atomic mass is 31.2. The normalized spacial score (nSPS) is 13.7. The summed E-state index contributed by atoms with van der Waals surface area (Å²) < 4.78 is 30.5. The maximum Gasteiger partial charge on any atom is 0.306 e. The van der Waals surface area contributed by atoms with Crippen molar-refractivity contribution < 1.29 is 37.3 Å². The summed E-state index contributed by atoms with van der Waals surface area (Å²) in [5, 5.41) is 3.05. The second-order valence-electron chi connectivity index (χ2n) is 26.5. The molecule has 0 aliphatic rings. The minimum absolute atomic E-state index is 0.0211. The number of allylic oxidation sites excluding steroid dienone is 7. The van der Waals surface area contributed by atoms with Gasteiger partial charge in [-0.1, -0.05) is 333 Å². The van der Waals surface area contributed by atoms with E-state index in [2.05, 4.69) is 62.5 Å². The molecule has 500 valence electrons. The third-order valence-corrected chi connectivity index (χ3v) is 17.7. The highest BCUT2D eigenvalue weighted by Crippen LogP contribution is 2.38. The van der Waals surface area contributed by atoms with Crippen molar-refractivity contribution in [1.82, 2.24) is 5.32 Å². The molecule has 0 fully saturated rings. The number of phosphoric ester groups is 1. The summed E-state index contributed by atoms with van der Waals surface area (Å²) in [6, 6.07) is -0.888. The largest absolute Gasteiger partial charge is 0.756 e. The zero-order chi connectivity index (χ0) is 62.1. The average Bonchev–Trinajstić information content (AvgIpc) is 3.62. The Bertz CT molecular complexity index is 1590. The molecule has 0 aliphatic heterocycles. The number of quaternary nitrogens is 1. The van der Waals surface area contributed by atoms with Crippen LogP contribution in [0.25, 0.3) is 0 Å². The third kappa shape index (κ3) is 66.2. The number of esters is 1. The van der Waals surface area contributed by atoms with E-state index in [4.69, 9.17) is 13.8 Å². The first kappa shape index (κ1) is 83.0. The van der Waals surface area contributed by atoms with Crippen molar-refractivity contribution >= 4 is 19.7 Å². The molecule has 0 saturated heterocycles. The van der Waals surface area contributed by atoms with Crippen molar-refractivity contribution in [3.05, 3.63) is 48.6 Å². The molecule has 0 aromatic carbocycles. The number of carbonyl (C=O) groups excluding carboxylic acids is 2. The van der Waals surface area contributed by atoms with Gasteiger partial charge in [0.05, 0.1) is 33.8 Å². The Kier molecular flexibility index (Phi) is 63.4. The Hall–Kier alpha value is -2.03. The molecule has 0 aromatic rings. The fourth-order valence-electron chi connectivity index (χ4n) is 11.1. The summed E-state index contributed by atoms with van der Waals surface area (Å²) in [5.41, 5.74) is 0. The lowest BCUT2D eigenvalue weighted by Crippen LogP contribution is -2.47. The van der Waals surface area contributed by atoms with E-state index in [0.717, 1.165) is 70.6 Å². The lowest BCUT2D eigenvalue weighted by atomic mass is 10.0. The molecule has 0 spiro atoms. The average molecular weight is 1220 g/mol. The van der Waals surface area contributed by atoms with Crippen LogP contribution >= 0.6 is 7.82 Å². The molecule has 1 N–H and O–H groups in total. The van der Waals surface area contributed by atoms with Gasteiger partial charge >= 0.3 is 5.97 Å². The van der Waals surface area contributed by atoms with Gasteiger partial charge in [0.25, 0.3) is 7.82 Å². The second-order valence-corrected chi connectivity index (χ2v) is 27.9. The van der Waals surface area contributed by atoms with E-state index in [-0.39, 0.29) is 31.5 Å². The smallest absolute Gasteiger partial charge is 0.306 e. The predicted octanol–water partition coefficient (Wildman–Crippen LogP) is 22.9. The van der Waals surface area contributed by atoms with Crippen molar-refractivity contribution in [1.29, 1.82) is 0 Å². The second kappa shape index (κ2) is 64.9. The van der Waals surface area contributed by atoms with Gasteiger partial charge in [-0.05, 0) is 70.3 Å². The molecule has 0 bridgehead atoms. The number of unbranched alkanes of at least 4 members (excludes halogenated alkanes) is 46. The summed E-state index contributed by atoms with van der Waals surface area (Å²) in [6.45, 7) is 6.87. The molecule has 0 heterocycles. The van der Waals surface area contributed by atoms with Crippen LogP contribution < -0.4 is 10.2 Å². The third-order valence-electron chi connectivity index (χ3n) is 16.8. The van der Waals surface area contributed by atoms with Crippen LogP contribution in [0.15, 0.2) is 48.6 Å². The van der Waals surface area contributed by atoms with Crippen molar-refractivity contribution in [3.63, 3.8) is 0 Å². The van der Waals surface area contributed by atoms with E-state index in [9.17, 15) is 19.0 Å². The topological polar surface area (TPSA) is 114 Å². The maximum atomic E-state index is 13.6. The first-order valence-electron chi connectivity index (χ1n) is 36.9. The number of ether oxygens (including phenoxy) is 1. The van der Waals surface area contributed by atoms with E-state index in [1.165, 1.54) is 263 Å². The quantitative estimate of drug-likeness (QED) is 0.0212. The van der Waals surface area contributed by atoms with Gasteiger partial charge in [0, 0.05) is 12.8 Å². The van der Waals surface area contributed by atoms with Gasteiger partial charge in [-0.3, -0.25) is 14.2 Å². The van der Waals surface area contributed by atoms with E-state index in [1.807, 2.05) is 33.3 Å².